The van der Waals surface area contributed by atoms with Crippen molar-refractivity contribution in [2.45, 2.75) is 19.9 Å². The Kier molecular flexibility index (Phi) is 5.22. The van der Waals surface area contributed by atoms with Crippen molar-refractivity contribution in [2.75, 3.05) is 38.0 Å². The summed E-state index contributed by atoms with van der Waals surface area (Å²) in [4.78, 5) is 20.4. The molecule has 1 aliphatic rings. The first kappa shape index (κ1) is 17.8. The molecule has 140 valence electrons. The number of rotatable bonds is 5. The number of aryl methyl sites for hydroxylation is 1. The lowest BCUT2D eigenvalue weighted by atomic mass is 10.1. The van der Waals surface area contributed by atoms with Crippen LogP contribution in [-0.2, 0) is 0 Å². The zero-order valence-electron chi connectivity index (χ0n) is 15.8. The largest absolute Gasteiger partial charge is 0.366 e. The Balaban J connectivity index is 1.60. The highest BCUT2D eigenvalue weighted by Gasteiger charge is 2.15. The molecule has 7 nitrogen and oxygen atoms in total. The third kappa shape index (κ3) is 4.04. The molecule has 2 aromatic heterocycles. The van der Waals surface area contributed by atoms with E-state index >= 15 is 0 Å². The van der Waals surface area contributed by atoms with Gasteiger partial charge in [0.1, 0.15) is 12.1 Å². The Morgan fingerprint density at radius 2 is 1.96 bits per heavy atom. The molecule has 0 bridgehead atoms. The molecule has 1 atom stereocenters. The van der Waals surface area contributed by atoms with Gasteiger partial charge in [0.25, 0.3) is 0 Å². The molecule has 7 heteroatoms. The van der Waals surface area contributed by atoms with E-state index < -0.39 is 0 Å². The van der Waals surface area contributed by atoms with Crippen LogP contribution >= 0.6 is 0 Å². The average molecular weight is 363 g/mol. The topological polar surface area (TPSA) is 78.9 Å². The van der Waals surface area contributed by atoms with E-state index in [1.807, 2.05) is 19.1 Å². The predicted molar refractivity (Wildman–Crippen MR) is 108 cm³/mol. The lowest BCUT2D eigenvalue weighted by Gasteiger charge is -2.30. The summed E-state index contributed by atoms with van der Waals surface area (Å²) < 4.78 is 0. The molecule has 3 heterocycles. The third-order valence-electron chi connectivity index (χ3n) is 4.85. The lowest BCUT2D eigenvalue weighted by Crippen LogP contribution is -2.47. The van der Waals surface area contributed by atoms with E-state index in [4.69, 9.17) is 0 Å². The summed E-state index contributed by atoms with van der Waals surface area (Å²) in [7, 11) is 0. The molecule has 1 aliphatic heterocycles. The number of hydrogen-bond donors (Lipinski definition) is 2. The summed E-state index contributed by atoms with van der Waals surface area (Å²) in [6.07, 6.45) is 5.20. The van der Waals surface area contributed by atoms with E-state index in [0.717, 1.165) is 66.4 Å². The molecule has 0 saturated carbocycles. The highest BCUT2D eigenvalue weighted by atomic mass is 15.2. The molecule has 1 saturated heterocycles. The van der Waals surface area contributed by atoms with E-state index in [1.165, 1.54) is 0 Å². The van der Waals surface area contributed by atoms with Gasteiger partial charge in [0, 0.05) is 55.9 Å². The lowest BCUT2D eigenvalue weighted by molar-refractivity contribution is 0.235. The van der Waals surface area contributed by atoms with Gasteiger partial charge in [0.15, 0.2) is 0 Å². The summed E-state index contributed by atoms with van der Waals surface area (Å²) in [6, 6.07) is 6.40. The Morgan fingerprint density at radius 1 is 1.11 bits per heavy atom. The first-order valence-corrected chi connectivity index (χ1v) is 9.43. The fourth-order valence-electron chi connectivity index (χ4n) is 3.50. The minimum Gasteiger partial charge on any atom is -0.366 e. The zero-order chi connectivity index (χ0) is 18.6. The molecule has 0 spiro atoms. The first-order chi connectivity index (χ1) is 13.2. The van der Waals surface area contributed by atoms with Gasteiger partial charge in [0.05, 0.1) is 23.1 Å². The second-order valence-corrected chi connectivity index (χ2v) is 7.06. The summed E-state index contributed by atoms with van der Waals surface area (Å²) in [5.74, 6) is 0.865. The molecule has 4 rings (SSSR count). The number of anilines is 1. The SMILES string of the molecule is Cc1cnc(-c2cccc3c(N[C@@H](C)CN4CCNCC4)ncnc23)cn1. The van der Waals surface area contributed by atoms with Gasteiger partial charge in [-0.1, -0.05) is 12.1 Å². The maximum absolute atomic E-state index is 4.53. The van der Waals surface area contributed by atoms with Crippen molar-refractivity contribution < 1.29 is 0 Å². The molecule has 1 aromatic carbocycles. The Hall–Kier alpha value is -2.64. The normalized spacial score (nSPS) is 16.4. The second-order valence-electron chi connectivity index (χ2n) is 7.06. The number of hydrogen-bond acceptors (Lipinski definition) is 7. The quantitative estimate of drug-likeness (QED) is 0.719. The summed E-state index contributed by atoms with van der Waals surface area (Å²) >= 11 is 0. The van der Waals surface area contributed by atoms with Crippen molar-refractivity contribution in [3.8, 4) is 11.3 Å². The Morgan fingerprint density at radius 3 is 2.74 bits per heavy atom. The van der Waals surface area contributed by atoms with Crippen LogP contribution < -0.4 is 10.6 Å². The number of benzene rings is 1. The van der Waals surface area contributed by atoms with Crippen LogP contribution in [0.25, 0.3) is 22.2 Å². The van der Waals surface area contributed by atoms with E-state index in [-0.39, 0.29) is 0 Å². The molecule has 3 aromatic rings. The Bertz CT molecular complexity index is 904. The van der Waals surface area contributed by atoms with Crippen molar-refractivity contribution in [3.05, 3.63) is 42.6 Å². The molecule has 0 aliphatic carbocycles. The minimum absolute atomic E-state index is 0.295. The monoisotopic (exact) mass is 363 g/mol. The van der Waals surface area contributed by atoms with Gasteiger partial charge in [-0.3, -0.25) is 14.9 Å². The predicted octanol–water partition coefficient (Wildman–Crippen LogP) is 2.10. The van der Waals surface area contributed by atoms with E-state index in [2.05, 4.69) is 48.5 Å². The van der Waals surface area contributed by atoms with Crippen molar-refractivity contribution in [2.24, 2.45) is 0 Å². The van der Waals surface area contributed by atoms with Crippen LogP contribution in [-0.4, -0.2) is 63.6 Å². The molecule has 0 amide bonds. The first-order valence-electron chi connectivity index (χ1n) is 9.43. The molecule has 2 N–H and O–H groups in total. The average Bonchev–Trinajstić information content (AvgIpc) is 2.69. The highest BCUT2D eigenvalue weighted by molar-refractivity contribution is 5.98. The van der Waals surface area contributed by atoms with Crippen molar-refractivity contribution >= 4 is 16.7 Å². The van der Waals surface area contributed by atoms with Crippen LogP contribution in [0.1, 0.15) is 12.6 Å². The fourth-order valence-corrected chi connectivity index (χ4v) is 3.50. The van der Waals surface area contributed by atoms with E-state index in [0.29, 0.717) is 6.04 Å². The van der Waals surface area contributed by atoms with Gasteiger partial charge < -0.3 is 10.6 Å². The molecule has 1 fully saturated rings. The molecular formula is C20H25N7. The number of piperazine rings is 1. The summed E-state index contributed by atoms with van der Waals surface area (Å²) in [5.41, 5.74) is 3.59. The smallest absolute Gasteiger partial charge is 0.137 e. The maximum Gasteiger partial charge on any atom is 0.137 e. The van der Waals surface area contributed by atoms with Crippen molar-refractivity contribution in [1.82, 2.24) is 30.2 Å². The molecule has 27 heavy (non-hydrogen) atoms. The van der Waals surface area contributed by atoms with Gasteiger partial charge in [0.2, 0.25) is 0 Å². The number of para-hydroxylation sites is 1. The summed E-state index contributed by atoms with van der Waals surface area (Å²) in [5, 5.41) is 7.97. The zero-order valence-corrected chi connectivity index (χ0v) is 15.8. The van der Waals surface area contributed by atoms with Gasteiger partial charge >= 0.3 is 0 Å². The summed E-state index contributed by atoms with van der Waals surface area (Å²) in [6.45, 7) is 9.43. The van der Waals surface area contributed by atoms with Gasteiger partial charge in [-0.05, 0) is 19.9 Å². The van der Waals surface area contributed by atoms with Gasteiger partial charge in [-0.25, -0.2) is 9.97 Å². The molecule has 0 radical (unpaired) electrons. The second kappa shape index (κ2) is 7.94. The highest BCUT2D eigenvalue weighted by Crippen LogP contribution is 2.28. The number of fused-ring (bicyclic) bond motifs is 1. The maximum atomic E-state index is 4.53. The minimum atomic E-state index is 0.295. The third-order valence-corrected chi connectivity index (χ3v) is 4.85. The van der Waals surface area contributed by atoms with Crippen LogP contribution in [0.5, 0.6) is 0 Å². The van der Waals surface area contributed by atoms with Crippen molar-refractivity contribution in [1.29, 1.82) is 0 Å². The van der Waals surface area contributed by atoms with Gasteiger partial charge in [-0.15, -0.1) is 0 Å². The van der Waals surface area contributed by atoms with Gasteiger partial charge in [-0.2, -0.15) is 0 Å². The van der Waals surface area contributed by atoms with Crippen molar-refractivity contribution in [3.63, 3.8) is 0 Å². The van der Waals surface area contributed by atoms with E-state index in [9.17, 15) is 0 Å². The van der Waals surface area contributed by atoms with Crippen LogP contribution in [0.4, 0.5) is 5.82 Å². The van der Waals surface area contributed by atoms with Crippen LogP contribution in [0.3, 0.4) is 0 Å². The molecular weight excluding hydrogens is 338 g/mol. The standard InChI is InChI=1S/C20H25N7/c1-14-10-23-18(11-22-14)16-4-3-5-17-19(16)24-13-25-20(17)26-15(2)12-27-8-6-21-7-9-27/h3-5,10-11,13,15,21H,6-9,12H2,1-2H3,(H,24,25,26)/t15-/m0/s1. The van der Waals surface area contributed by atoms with Crippen LogP contribution in [0, 0.1) is 6.92 Å². The fraction of sp³-hybridized carbons (Fsp3) is 0.400. The number of nitrogens with zero attached hydrogens (tertiary/aromatic N) is 5. The van der Waals surface area contributed by atoms with Crippen LogP contribution in [0.15, 0.2) is 36.9 Å². The number of aromatic nitrogens is 4. The number of nitrogens with one attached hydrogen (secondary N) is 2. The Labute approximate surface area is 159 Å². The molecule has 0 unspecified atom stereocenters. The van der Waals surface area contributed by atoms with Crippen LogP contribution in [0.2, 0.25) is 0 Å². The van der Waals surface area contributed by atoms with E-state index in [1.54, 1.807) is 18.7 Å².